The van der Waals surface area contributed by atoms with Crippen LogP contribution >= 0.6 is 0 Å². The highest BCUT2D eigenvalue weighted by Crippen LogP contribution is 2.23. The Hall–Kier alpha value is -3.23. The second-order valence-electron chi connectivity index (χ2n) is 8.52. The molecule has 2 fully saturated rings. The summed E-state index contributed by atoms with van der Waals surface area (Å²) in [4.78, 5) is 40.4. The first kappa shape index (κ1) is 22.0. The number of nitrogens with zero attached hydrogens (tertiary/aromatic N) is 2. The van der Waals surface area contributed by atoms with Crippen LogP contribution < -0.4 is 10.9 Å². The number of amidine groups is 1. The quantitative estimate of drug-likeness (QED) is 0.185. The average molecular weight is 441 g/mol. The molecule has 9 heteroatoms. The third-order valence-electron chi connectivity index (χ3n) is 6.14. The lowest BCUT2D eigenvalue weighted by Crippen LogP contribution is -2.40. The Bertz CT molecular complexity index is 1080. The first-order valence-corrected chi connectivity index (χ1v) is 11.3. The van der Waals surface area contributed by atoms with E-state index in [-0.39, 0.29) is 40.3 Å². The van der Waals surface area contributed by atoms with Crippen LogP contribution in [0.1, 0.15) is 74.6 Å². The van der Waals surface area contributed by atoms with Crippen molar-refractivity contribution in [1.82, 2.24) is 5.32 Å². The minimum atomic E-state index is -0.884. The predicted molar refractivity (Wildman–Crippen MR) is 119 cm³/mol. The van der Waals surface area contributed by atoms with Crippen molar-refractivity contribution >= 4 is 28.6 Å². The number of hydrogen-bond acceptors (Lipinski definition) is 7. The largest absolute Gasteiger partial charge is 0.422 e. The lowest BCUT2D eigenvalue weighted by atomic mass is 9.95. The molecule has 0 bridgehead atoms. The van der Waals surface area contributed by atoms with Gasteiger partial charge in [-0.15, -0.1) is 0 Å². The molecule has 1 aromatic heterocycles. The fraction of sp³-hybridized carbons (Fsp3) is 0.522. The molecule has 0 unspecified atom stereocenters. The van der Waals surface area contributed by atoms with E-state index in [4.69, 9.17) is 9.15 Å². The Labute approximate surface area is 185 Å². The van der Waals surface area contributed by atoms with Gasteiger partial charge in [0.25, 0.3) is 11.7 Å². The molecular weight excluding hydrogens is 414 g/mol. The lowest BCUT2D eigenvalue weighted by Gasteiger charge is -2.25. The van der Waals surface area contributed by atoms with Crippen LogP contribution in [0.5, 0.6) is 0 Å². The van der Waals surface area contributed by atoms with Gasteiger partial charge in [0.2, 0.25) is 0 Å². The molecule has 0 radical (unpaired) electrons. The number of fused-ring (bicyclic) bond motifs is 1. The molecule has 4 rings (SSSR count). The standard InChI is InChI=1S/C23H27N3O6/c27-21-19(14-15-13-18(26(29)30)11-12-20(15)31-21)22(28)32-23(24-16-7-3-1-4-8-16)25-17-9-5-2-6-10-17/h11-14,16-17H,1-10H2,(H,24,25). The smallest absolute Gasteiger partial charge is 0.353 e. The van der Waals surface area contributed by atoms with Gasteiger partial charge < -0.3 is 14.5 Å². The third-order valence-corrected chi connectivity index (χ3v) is 6.14. The van der Waals surface area contributed by atoms with E-state index in [0.717, 1.165) is 51.4 Å². The van der Waals surface area contributed by atoms with Gasteiger partial charge in [-0.3, -0.25) is 10.1 Å². The number of non-ortho nitro benzene ring substituents is 1. The van der Waals surface area contributed by atoms with E-state index >= 15 is 0 Å². The van der Waals surface area contributed by atoms with Crippen molar-refractivity contribution < 1.29 is 18.9 Å². The highest BCUT2D eigenvalue weighted by atomic mass is 16.6. The molecule has 2 aliphatic carbocycles. The summed E-state index contributed by atoms with van der Waals surface area (Å²) in [6.07, 6.45) is 10.6. The van der Waals surface area contributed by atoms with E-state index in [1.54, 1.807) is 0 Å². The molecule has 0 aliphatic heterocycles. The van der Waals surface area contributed by atoms with Gasteiger partial charge in [0, 0.05) is 23.6 Å². The molecular formula is C23H27N3O6. The number of aliphatic imine (C=N–C) groups is 1. The number of esters is 1. The molecule has 2 aliphatic rings. The van der Waals surface area contributed by atoms with Crippen molar-refractivity contribution in [2.75, 3.05) is 0 Å². The fourth-order valence-electron chi connectivity index (χ4n) is 4.40. The molecule has 1 aromatic carbocycles. The van der Waals surface area contributed by atoms with E-state index in [1.807, 2.05) is 0 Å². The number of nitro groups is 1. The first-order chi connectivity index (χ1) is 15.5. The molecule has 170 valence electrons. The van der Waals surface area contributed by atoms with Crippen LogP contribution in [0, 0.1) is 10.1 Å². The third kappa shape index (κ3) is 5.33. The molecule has 1 N–H and O–H groups in total. The Morgan fingerprint density at radius 2 is 1.75 bits per heavy atom. The maximum absolute atomic E-state index is 12.9. The van der Waals surface area contributed by atoms with E-state index in [9.17, 15) is 19.7 Å². The number of benzene rings is 1. The monoisotopic (exact) mass is 441 g/mol. The number of ether oxygens (including phenoxy) is 1. The Kier molecular flexibility index (Phi) is 6.82. The van der Waals surface area contributed by atoms with Gasteiger partial charge in [-0.1, -0.05) is 38.5 Å². The van der Waals surface area contributed by atoms with Crippen LogP contribution in [-0.4, -0.2) is 29.0 Å². The minimum Gasteiger partial charge on any atom is -0.422 e. The van der Waals surface area contributed by atoms with E-state index < -0.39 is 16.5 Å². The van der Waals surface area contributed by atoms with Crippen molar-refractivity contribution in [3.05, 3.63) is 50.4 Å². The Morgan fingerprint density at radius 3 is 2.44 bits per heavy atom. The Balaban J connectivity index is 1.59. The van der Waals surface area contributed by atoms with Gasteiger partial charge in [0.1, 0.15) is 11.1 Å². The van der Waals surface area contributed by atoms with Crippen LogP contribution in [0.15, 0.2) is 38.5 Å². The zero-order valence-electron chi connectivity index (χ0n) is 17.9. The van der Waals surface area contributed by atoms with Crippen LogP contribution in [0.4, 0.5) is 5.69 Å². The molecule has 1 heterocycles. The summed E-state index contributed by atoms with van der Waals surface area (Å²) >= 11 is 0. The minimum absolute atomic E-state index is 0.0818. The number of rotatable bonds is 4. The summed E-state index contributed by atoms with van der Waals surface area (Å²) in [5.74, 6) is -0.884. The number of carbonyl (C=O) groups is 1. The van der Waals surface area contributed by atoms with Crippen LogP contribution in [-0.2, 0) is 4.74 Å². The molecule has 2 saturated carbocycles. The first-order valence-electron chi connectivity index (χ1n) is 11.3. The molecule has 0 amide bonds. The van der Waals surface area contributed by atoms with Gasteiger partial charge in [-0.25, -0.2) is 14.6 Å². The van der Waals surface area contributed by atoms with Gasteiger partial charge in [-0.2, -0.15) is 0 Å². The van der Waals surface area contributed by atoms with Gasteiger partial charge >= 0.3 is 11.6 Å². The molecule has 0 spiro atoms. The lowest BCUT2D eigenvalue weighted by molar-refractivity contribution is -0.384. The van der Waals surface area contributed by atoms with E-state index in [2.05, 4.69) is 10.3 Å². The summed E-state index contributed by atoms with van der Waals surface area (Å²) in [7, 11) is 0. The molecule has 2 aromatic rings. The highest BCUT2D eigenvalue weighted by Gasteiger charge is 2.23. The van der Waals surface area contributed by atoms with Gasteiger partial charge in [-0.05, 0) is 37.8 Å². The van der Waals surface area contributed by atoms with Crippen molar-refractivity contribution in [2.45, 2.75) is 76.3 Å². The van der Waals surface area contributed by atoms with E-state index in [0.29, 0.717) is 0 Å². The van der Waals surface area contributed by atoms with Gasteiger partial charge in [0.15, 0.2) is 0 Å². The summed E-state index contributed by atoms with van der Waals surface area (Å²) in [6, 6.07) is 5.51. The molecule has 0 atom stereocenters. The summed E-state index contributed by atoms with van der Waals surface area (Å²) in [5.41, 5.74) is -1.18. The molecule has 0 saturated heterocycles. The van der Waals surface area contributed by atoms with Crippen LogP contribution in [0.2, 0.25) is 0 Å². The number of carbonyl (C=O) groups excluding carboxylic acids is 1. The van der Waals surface area contributed by atoms with Crippen molar-refractivity contribution in [3.63, 3.8) is 0 Å². The normalized spacial score (nSPS) is 18.4. The highest BCUT2D eigenvalue weighted by molar-refractivity contribution is 5.99. The van der Waals surface area contributed by atoms with Crippen molar-refractivity contribution in [2.24, 2.45) is 4.99 Å². The predicted octanol–water partition coefficient (Wildman–Crippen LogP) is 4.47. The maximum atomic E-state index is 12.9. The number of hydrogen-bond donors (Lipinski definition) is 1. The second-order valence-corrected chi connectivity index (χ2v) is 8.52. The topological polar surface area (TPSA) is 124 Å². The summed E-state index contributed by atoms with van der Waals surface area (Å²) < 4.78 is 10.7. The van der Waals surface area contributed by atoms with Gasteiger partial charge in [0.05, 0.1) is 11.0 Å². The van der Waals surface area contributed by atoms with Crippen LogP contribution in [0.25, 0.3) is 11.0 Å². The average Bonchev–Trinajstić information content (AvgIpc) is 2.79. The maximum Gasteiger partial charge on any atom is 0.353 e. The SMILES string of the molecule is O=C(OC(=NC1CCCCC1)NC1CCCCC1)c1cc2cc([N+](=O)[O-])ccc2oc1=O. The second kappa shape index (κ2) is 9.93. The molecule has 32 heavy (non-hydrogen) atoms. The number of nitrogens with one attached hydrogen (secondary N) is 1. The van der Waals surface area contributed by atoms with Crippen molar-refractivity contribution in [1.29, 1.82) is 0 Å². The van der Waals surface area contributed by atoms with E-state index in [1.165, 1.54) is 37.1 Å². The zero-order valence-corrected chi connectivity index (χ0v) is 17.9. The van der Waals surface area contributed by atoms with Crippen LogP contribution in [0.3, 0.4) is 0 Å². The number of nitro benzene ring substituents is 1. The Morgan fingerprint density at radius 1 is 1.06 bits per heavy atom. The molecule has 9 nitrogen and oxygen atoms in total. The summed E-state index contributed by atoms with van der Waals surface area (Å²) in [5, 5.41) is 14.6. The zero-order chi connectivity index (χ0) is 22.5. The summed E-state index contributed by atoms with van der Waals surface area (Å²) in [6.45, 7) is 0. The van der Waals surface area contributed by atoms with Crippen molar-refractivity contribution in [3.8, 4) is 0 Å². The fourth-order valence-corrected chi connectivity index (χ4v) is 4.40.